The van der Waals surface area contributed by atoms with Crippen molar-refractivity contribution >= 4 is 44.9 Å². The molecule has 52 heavy (non-hydrogen) atoms. The average molecular weight is 669 g/mol. The van der Waals surface area contributed by atoms with Crippen LogP contribution >= 0.6 is 0 Å². The maximum Gasteiger partial charge on any atom is 0.0561 e. The number of hydrogen-bond acceptors (Lipinski definition) is 1. The number of allylic oxidation sites excluding steroid dienone is 1. The number of anilines is 3. The van der Waals surface area contributed by atoms with Crippen LogP contribution in [0.15, 0.2) is 164 Å². The summed E-state index contributed by atoms with van der Waals surface area (Å²) in [6.45, 7) is 7.05. The van der Waals surface area contributed by atoms with Gasteiger partial charge in [-0.2, -0.15) is 0 Å². The lowest BCUT2D eigenvalue weighted by atomic mass is 9.82. The van der Waals surface area contributed by atoms with Crippen LogP contribution in [0.2, 0.25) is 0 Å². The SMILES string of the molecule is CC1C=Cc2c(-c3ccccc3)ccc(N(c3ccc4c(c3)-c3ccccc3C4(C)C)c3ccc4c5ccccc5n(-c5ccccc5)c4c3)c2C1. The number of benzene rings is 7. The van der Waals surface area contributed by atoms with E-state index in [2.05, 4.69) is 200 Å². The molecule has 0 bridgehead atoms. The molecule has 2 heteroatoms. The zero-order chi connectivity index (χ0) is 35.0. The summed E-state index contributed by atoms with van der Waals surface area (Å²) in [5, 5.41) is 2.52. The smallest absolute Gasteiger partial charge is 0.0561 e. The van der Waals surface area contributed by atoms with Gasteiger partial charge in [0.25, 0.3) is 0 Å². The highest BCUT2D eigenvalue weighted by molar-refractivity contribution is 6.10. The Morgan fingerprint density at radius 2 is 1.25 bits per heavy atom. The van der Waals surface area contributed by atoms with E-state index in [0.29, 0.717) is 5.92 Å². The summed E-state index contributed by atoms with van der Waals surface area (Å²) in [6, 6.07) is 58.3. The monoisotopic (exact) mass is 668 g/mol. The first-order valence-electron chi connectivity index (χ1n) is 18.5. The van der Waals surface area contributed by atoms with Crippen LogP contribution in [-0.4, -0.2) is 4.57 Å². The Kier molecular flexibility index (Phi) is 6.91. The molecule has 0 saturated carbocycles. The lowest BCUT2D eigenvalue weighted by molar-refractivity contribution is 0.660. The van der Waals surface area contributed by atoms with Gasteiger partial charge in [0.2, 0.25) is 0 Å². The average Bonchev–Trinajstić information content (AvgIpc) is 3.63. The molecule has 7 aromatic carbocycles. The Hall–Kier alpha value is -6.12. The summed E-state index contributed by atoms with van der Waals surface area (Å²) in [5.41, 5.74) is 17.8. The first-order valence-corrected chi connectivity index (χ1v) is 18.5. The van der Waals surface area contributed by atoms with E-state index in [4.69, 9.17) is 0 Å². The molecule has 1 atom stereocenters. The number of rotatable bonds is 5. The fourth-order valence-corrected chi connectivity index (χ4v) is 9.02. The molecular formula is C50H40N2. The molecule has 1 heterocycles. The van der Waals surface area contributed by atoms with Gasteiger partial charge in [-0.05, 0) is 105 Å². The maximum atomic E-state index is 2.53. The largest absolute Gasteiger partial charge is 0.310 e. The molecule has 2 aliphatic carbocycles. The van der Waals surface area contributed by atoms with Crippen LogP contribution in [0.3, 0.4) is 0 Å². The second-order valence-electron chi connectivity index (χ2n) is 15.1. The molecule has 0 radical (unpaired) electrons. The second kappa shape index (κ2) is 11.7. The van der Waals surface area contributed by atoms with Gasteiger partial charge in [-0.1, -0.05) is 142 Å². The number of fused-ring (bicyclic) bond motifs is 7. The Morgan fingerprint density at radius 3 is 2.10 bits per heavy atom. The fourth-order valence-electron chi connectivity index (χ4n) is 9.02. The Morgan fingerprint density at radius 1 is 0.577 bits per heavy atom. The summed E-state index contributed by atoms with van der Waals surface area (Å²) < 4.78 is 2.42. The first-order chi connectivity index (χ1) is 25.5. The van der Waals surface area contributed by atoms with Gasteiger partial charge in [0.05, 0.1) is 11.0 Å². The highest BCUT2D eigenvalue weighted by atomic mass is 15.1. The molecule has 0 N–H and O–H groups in total. The number of para-hydroxylation sites is 2. The molecule has 0 saturated heterocycles. The molecule has 1 aromatic heterocycles. The minimum Gasteiger partial charge on any atom is -0.310 e. The van der Waals surface area contributed by atoms with Crippen molar-refractivity contribution in [1.82, 2.24) is 4.57 Å². The molecule has 0 aliphatic heterocycles. The van der Waals surface area contributed by atoms with Crippen LogP contribution in [0.4, 0.5) is 17.1 Å². The van der Waals surface area contributed by atoms with E-state index in [0.717, 1.165) is 17.8 Å². The van der Waals surface area contributed by atoms with Crippen LogP contribution < -0.4 is 4.90 Å². The summed E-state index contributed by atoms with van der Waals surface area (Å²) in [6.07, 6.45) is 5.72. The number of hydrogen-bond donors (Lipinski definition) is 0. The van der Waals surface area contributed by atoms with Crippen LogP contribution in [0, 0.1) is 5.92 Å². The van der Waals surface area contributed by atoms with E-state index in [1.54, 1.807) is 0 Å². The number of nitrogens with zero attached hydrogens (tertiary/aromatic N) is 2. The third kappa shape index (κ3) is 4.64. The summed E-state index contributed by atoms with van der Waals surface area (Å²) in [4.78, 5) is 2.53. The highest BCUT2D eigenvalue weighted by Gasteiger charge is 2.36. The van der Waals surface area contributed by atoms with Gasteiger partial charge >= 0.3 is 0 Å². The van der Waals surface area contributed by atoms with E-state index < -0.39 is 0 Å². The van der Waals surface area contributed by atoms with Crippen molar-refractivity contribution in [2.75, 3.05) is 4.90 Å². The molecule has 2 nitrogen and oxygen atoms in total. The molecule has 10 rings (SSSR count). The van der Waals surface area contributed by atoms with Gasteiger partial charge < -0.3 is 9.47 Å². The van der Waals surface area contributed by atoms with Crippen molar-refractivity contribution in [3.8, 4) is 27.9 Å². The van der Waals surface area contributed by atoms with Crippen LogP contribution in [0.1, 0.15) is 43.0 Å². The van der Waals surface area contributed by atoms with E-state index in [1.807, 2.05) is 0 Å². The predicted molar refractivity (Wildman–Crippen MR) is 220 cm³/mol. The zero-order valence-electron chi connectivity index (χ0n) is 29.8. The van der Waals surface area contributed by atoms with Crippen molar-refractivity contribution in [3.63, 3.8) is 0 Å². The third-order valence-electron chi connectivity index (χ3n) is 11.5. The van der Waals surface area contributed by atoms with Crippen LogP contribution in [0.25, 0.3) is 55.8 Å². The van der Waals surface area contributed by atoms with Gasteiger partial charge in [0.15, 0.2) is 0 Å². The molecule has 0 amide bonds. The summed E-state index contributed by atoms with van der Waals surface area (Å²) in [7, 11) is 0. The second-order valence-corrected chi connectivity index (χ2v) is 15.1. The molecule has 0 fully saturated rings. The standard InChI is InChI=1S/C50H40N2/c1-33-22-25-39-38(34-14-6-4-7-15-34)27-29-48(44(39)30-33)51(36-24-28-46-43(31-36)40-18-10-12-20-45(40)50(46,2)3)37-23-26-42-41-19-11-13-21-47(41)52(49(42)32-37)35-16-8-5-9-17-35/h4-29,31-33H,30H2,1-3H3. The Labute approximate surface area is 305 Å². The topological polar surface area (TPSA) is 8.17 Å². The van der Waals surface area contributed by atoms with Gasteiger partial charge in [0, 0.05) is 38.9 Å². The van der Waals surface area contributed by atoms with E-state index in [9.17, 15) is 0 Å². The third-order valence-corrected chi connectivity index (χ3v) is 11.5. The molecule has 8 aromatic rings. The van der Waals surface area contributed by atoms with Crippen molar-refractivity contribution < 1.29 is 0 Å². The first kappa shape index (κ1) is 30.7. The minimum absolute atomic E-state index is 0.0540. The van der Waals surface area contributed by atoms with Gasteiger partial charge in [-0.3, -0.25) is 0 Å². The van der Waals surface area contributed by atoms with Crippen molar-refractivity contribution in [3.05, 3.63) is 186 Å². The van der Waals surface area contributed by atoms with Crippen molar-refractivity contribution in [2.24, 2.45) is 5.92 Å². The van der Waals surface area contributed by atoms with Crippen LogP contribution in [-0.2, 0) is 11.8 Å². The van der Waals surface area contributed by atoms with Gasteiger partial charge in [-0.25, -0.2) is 0 Å². The minimum atomic E-state index is -0.0540. The molecule has 0 spiro atoms. The summed E-state index contributed by atoms with van der Waals surface area (Å²) in [5.74, 6) is 0.440. The van der Waals surface area contributed by atoms with Gasteiger partial charge in [0.1, 0.15) is 0 Å². The molecule has 250 valence electrons. The molecule has 1 unspecified atom stereocenters. The number of aromatic nitrogens is 1. The molecular weight excluding hydrogens is 629 g/mol. The van der Waals surface area contributed by atoms with Crippen LogP contribution in [0.5, 0.6) is 0 Å². The van der Waals surface area contributed by atoms with E-state index in [1.165, 1.54) is 77.7 Å². The highest BCUT2D eigenvalue weighted by Crippen LogP contribution is 2.52. The Bertz CT molecular complexity index is 2690. The molecule has 2 aliphatic rings. The zero-order valence-corrected chi connectivity index (χ0v) is 29.8. The van der Waals surface area contributed by atoms with Crippen molar-refractivity contribution in [1.29, 1.82) is 0 Å². The van der Waals surface area contributed by atoms with Crippen molar-refractivity contribution in [2.45, 2.75) is 32.6 Å². The van der Waals surface area contributed by atoms with E-state index >= 15 is 0 Å². The normalized spacial score (nSPS) is 15.4. The lowest BCUT2D eigenvalue weighted by Gasteiger charge is -2.32. The lowest BCUT2D eigenvalue weighted by Crippen LogP contribution is -2.17. The van der Waals surface area contributed by atoms with E-state index in [-0.39, 0.29) is 5.41 Å². The van der Waals surface area contributed by atoms with Gasteiger partial charge in [-0.15, -0.1) is 0 Å². The fraction of sp³-hybridized carbons (Fsp3) is 0.120. The predicted octanol–water partition coefficient (Wildman–Crippen LogP) is 13.4. The maximum absolute atomic E-state index is 2.53. The quantitative estimate of drug-likeness (QED) is 0.177. The summed E-state index contributed by atoms with van der Waals surface area (Å²) >= 11 is 0. The Balaban J connectivity index is 1.26.